The SMILES string of the molecule is NCC1CCC(C(=O)Nc2ccc(Br)cc2Cl)O1. The number of halogens is 2. The fourth-order valence-corrected chi connectivity index (χ4v) is 2.60. The first-order chi connectivity index (χ1) is 8.60. The van der Waals surface area contributed by atoms with Gasteiger partial charge in [-0.1, -0.05) is 27.5 Å². The lowest BCUT2D eigenvalue weighted by Crippen LogP contribution is -2.29. The summed E-state index contributed by atoms with van der Waals surface area (Å²) in [6.07, 6.45) is 1.07. The van der Waals surface area contributed by atoms with Crippen LogP contribution in [-0.2, 0) is 9.53 Å². The molecule has 1 aliphatic heterocycles. The molecule has 1 fully saturated rings. The topological polar surface area (TPSA) is 64.4 Å². The minimum atomic E-state index is -0.432. The van der Waals surface area contributed by atoms with E-state index in [4.69, 9.17) is 22.1 Å². The molecule has 4 nitrogen and oxygen atoms in total. The van der Waals surface area contributed by atoms with Crippen LogP contribution in [0, 0.1) is 0 Å². The van der Waals surface area contributed by atoms with Gasteiger partial charge >= 0.3 is 0 Å². The van der Waals surface area contributed by atoms with Crippen LogP contribution in [0.1, 0.15) is 12.8 Å². The Bertz CT molecular complexity index is 456. The molecule has 0 radical (unpaired) electrons. The fraction of sp³-hybridized carbons (Fsp3) is 0.417. The lowest BCUT2D eigenvalue weighted by molar-refractivity contribution is -0.126. The minimum absolute atomic E-state index is 0.0128. The zero-order valence-electron chi connectivity index (χ0n) is 9.66. The first-order valence-corrected chi connectivity index (χ1v) is 6.88. The number of benzene rings is 1. The van der Waals surface area contributed by atoms with Crippen LogP contribution in [0.5, 0.6) is 0 Å². The van der Waals surface area contributed by atoms with Gasteiger partial charge in [-0.15, -0.1) is 0 Å². The van der Waals surface area contributed by atoms with Gasteiger partial charge in [-0.25, -0.2) is 0 Å². The normalized spacial score (nSPS) is 23.1. The van der Waals surface area contributed by atoms with Gasteiger partial charge in [0.1, 0.15) is 6.10 Å². The molecule has 1 aromatic carbocycles. The number of nitrogens with two attached hydrogens (primary N) is 1. The molecule has 6 heteroatoms. The molecule has 1 aromatic rings. The van der Waals surface area contributed by atoms with E-state index in [2.05, 4.69) is 21.2 Å². The summed E-state index contributed by atoms with van der Waals surface area (Å²) in [5, 5.41) is 3.26. The molecule has 0 spiro atoms. The number of nitrogens with one attached hydrogen (secondary N) is 1. The third kappa shape index (κ3) is 3.23. The first-order valence-electron chi connectivity index (χ1n) is 5.71. The van der Waals surface area contributed by atoms with Crippen LogP contribution in [0.4, 0.5) is 5.69 Å². The number of carbonyl (C=O) groups is 1. The zero-order valence-corrected chi connectivity index (χ0v) is 12.0. The summed E-state index contributed by atoms with van der Waals surface area (Å²) < 4.78 is 6.39. The van der Waals surface area contributed by atoms with Gasteiger partial charge in [0.15, 0.2) is 0 Å². The molecule has 0 bridgehead atoms. The predicted octanol–water partition coefficient (Wildman–Crippen LogP) is 2.55. The number of hydrogen-bond acceptors (Lipinski definition) is 3. The molecule has 1 heterocycles. The van der Waals surface area contributed by atoms with Crippen molar-refractivity contribution < 1.29 is 9.53 Å². The highest BCUT2D eigenvalue weighted by Gasteiger charge is 2.30. The van der Waals surface area contributed by atoms with Gasteiger partial charge in [0, 0.05) is 11.0 Å². The Hall–Kier alpha value is -0.620. The quantitative estimate of drug-likeness (QED) is 0.893. The van der Waals surface area contributed by atoms with E-state index in [1.165, 1.54) is 0 Å². The zero-order chi connectivity index (χ0) is 13.1. The van der Waals surface area contributed by atoms with Crippen molar-refractivity contribution in [2.75, 3.05) is 11.9 Å². The van der Waals surface area contributed by atoms with Crippen LogP contribution in [-0.4, -0.2) is 24.7 Å². The van der Waals surface area contributed by atoms with Gasteiger partial charge in [0.2, 0.25) is 0 Å². The lowest BCUT2D eigenvalue weighted by atomic mass is 10.2. The van der Waals surface area contributed by atoms with E-state index < -0.39 is 6.10 Å². The average Bonchev–Trinajstić information content (AvgIpc) is 2.81. The van der Waals surface area contributed by atoms with E-state index >= 15 is 0 Å². The van der Waals surface area contributed by atoms with E-state index in [0.29, 0.717) is 23.7 Å². The van der Waals surface area contributed by atoms with Gasteiger partial charge < -0.3 is 15.8 Å². The summed E-state index contributed by atoms with van der Waals surface area (Å²) in [6, 6.07) is 5.30. The highest BCUT2D eigenvalue weighted by molar-refractivity contribution is 9.10. The van der Waals surface area contributed by atoms with Crippen molar-refractivity contribution in [3.05, 3.63) is 27.7 Å². The highest BCUT2D eigenvalue weighted by Crippen LogP contribution is 2.27. The molecule has 0 saturated carbocycles. The van der Waals surface area contributed by atoms with E-state index in [0.717, 1.165) is 10.9 Å². The van der Waals surface area contributed by atoms with Crippen molar-refractivity contribution in [1.29, 1.82) is 0 Å². The maximum absolute atomic E-state index is 12.0. The molecule has 0 aliphatic carbocycles. The maximum Gasteiger partial charge on any atom is 0.253 e. The molecule has 3 N–H and O–H groups in total. The number of anilines is 1. The van der Waals surface area contributed by atoms with Gasteiger partial charge in [-0.3, -0.25) is 4.79 Å². The molecular formula is C12H14BrClN2O2. The summed E-state index contributed by atoms with van der Waals surface area (Å²) in [6.45, 7) is 0.447. The Morgan fingerprint density at radius 3 is 2.94 bits per heavy atom. The van der Waals surface area contributed by atoms with Crippen molar-refractivity contribution in [3.63, 3.8) is 0 Å². The van der Waals surface area contributed by atoms with E-state index in [9.17, 15) is 4.79 Å². The summed E-state index contributed by atoms with van der Waals surface area (Å²) in [7, 11) is 0. The van der Waals surface area contributed by atoms with Crippen molar-refractivity contribution in [1.82, 2.24) is 0 Å². The van der Waals surface area contributed by atoms with E-state index in [1.54, 1.807) is 12.1 Å². The smallest absolute Gasteiger partial charge is 0.253 e. The van der Waals surface area contributed by atoms with Crippen LogP contribution >= 0.6 is 27.5 Å². The Kier molecular flexibility index (Phi) is 4.61. The van der Waals surface area contributed by atoms with Gasteiger partial charge in [-0.05, 0) is 31.0 Å². The molecule has 18 heavy (non-hydrogen) atoms. The average molecular weight is 334 g/mol. The van der Waals surface area contributed by atoms with Crippen molar-refractivity contribution in [2.24, 2.45) is 5.73 Å². The van der Waals surface area contributed by atoms with E-state index in [-0.39, 0.29) is 12.0 Å². The molecular weight excluding hydrogens is 320 g/mol. The molecule has 1 saturated heterocycles. The Morgan fingerprint density at radius 2 is 2.33 bits per heavy atom. The Morgan fingerprint density at radius 1 is 1.56 bits per heavy atom. The second kappa shape index (κ2) is 6.02. The summed E-state index contributed by atoms with van der Waals surface area (Å²) in [5.41, 5.74) is 6.09. The molecule has 2 unspecified atom stereocenters. The van der Waals surface area contributed by atoms with Crippen LogP contribution in [0.2, 0.25) is 5.02 Å². The summed E-state index contributed by atoms with van der Waals surface area (Å²) in [5.74, 6) is -0.171. The molecule has 98 valence electrons. The number of carbonyl (C=O) groups excluding carboxylic acids is 1. The van der Waals surface area contributed by atoms with Crippen LogP contribution < -0.4 is 11.1 Å². The van der Waals surface area contributed by atoms with Crippen LogP contribution in [0.25, 0.3) is 0 Å². The second-order valence-corrected chi connectivity index (χ2v) is 5.50. The number of amides is 1. The van der Waals surface area contributed by atoms with Crippen molar-refractivity contribution >= 4 is 39.1 Å². The third-order valence-electron chi connectivity index (χ3n) is 2.85. The lowest BCUT2D eigenvalue weighted by Gasteiger charge is -2.13. The molecule has 2 atom stereocenters. The van der Waals surface area contributed by atoms with Gasteiger partial charge in [0.05, 0.1) is 16.8 Å². The van der Waals surface area contributed by atoms with Crippen molar-refractivity contribution in [3.8, 4) is 0 Å². The molecule has 1 aliphatic rings. The number of ether oxygens (including phenoxy) is 1. The summed E-state index contributed by atoms with van der Waals surface area (Å²) >= 11 is 9.34. The van der Waals surface area contributed by atoms with Crippen LogP contribution in [0.3, 0.4) is 0 Å². The Labute approximate surface area is 119 Å². The first kappa shape index (κ1) is 13.8. The fourth-order valence-electron chi connectivity index (χ4n) is 1.88. The summed E-state index contributed by atoms with van der Waals surface area (Å²) in [4.78, 5) is 12.0. The predicted molar refractivity (Wildman–Crippen MR) is 74.7 cm³/mol. The maximum atomic E-state index is 12.0. The largest absolute Gasteiger partial charge is 0.364 e. The number of hydrogen-bond donors (Lipinski definition) is 2. The number of rotatable bonds is 3. The molecule has 0 aromatic heterocycles. The van der Waals surface area contributed by atoms with Crippen molar-refractivity contribution in [2.45, 2.75) is 25.0 Å². The Balaban J connectivity index is 1.99. The molecule has 1 amide bonds. The van der Waals surface area contributed by atoms with Gasteiger partial charge in [0.25, 0.3) is 5.91 Å². The van der Waals surface area contributed by atoms with Gasteiger partial charge in [-0.2, -0.15) is 0 Å². The van der Waals surface area contributed by atoms with Crippen LogP contribution in [0.15, 0.2) is 22.7 Å². The highest BCUT2D eigenvalue weighted by atomic mass is 79.9. The third-order valence-corrected chi connectivity index (χ3v) is 3.66. The minimum Gasteiger partial charge on any atom is -0.364 e. The monoisotopic (exact) mass is 332 g/mol. The van der Waals surface area contributed by atoms with E-state index in [1.807, 2.05) is 6.07 Å². The standard InChI is InChI=1S/C12H14BrClN2O2/c13-7-1-3-10(9(14)5-7)16-12(17)11-4-2-8(6-15)18-11/h1,3,5,8,11H,2,4,6,15H2,(H,16,17). The second-order valence-electron chi connectivity index (χ2n) is 4.17. The molecule has 2 rings (SSSR count).